The van der Waals surface area contributed by atoms with E-state index in [4.69, 9.17) is 5.73 Å². The van der Waals surface area contributed by atoms with Gasteiger partial charge in [0.25, 0.3) is 0 Å². The van der Waals surface area contributed by atoms with Gasteiger partial charge in [-0.25, -0.2) is 8.42 Å². The Hall–Kier alpha value is -0.390. The Morgan fingerprint density at radius 1 is 1.28 bits per heavy atom. The summed E-state index contributed by atoms with van der Waals surface area (Å²) in [6.07, 6.45) is 1.45. The number of nitrogens with two attached hydrogens (primary N) is 1. The number of benzene rings is 1. The number of hydrogen-bond donors (Lipinski definition) is 1. The maximum absolute atomic E-state index is 12.2. The summed E-state index contributed by atoms with van der Waals surface area (Å²) < 4.78 is 25.0. The lowest BCUT2D eigenvalue weighted by Gasteiger charge is -2.21. The lowest BCUT2D eigenvalue weighted by atomic mass is 9.88. The summed E-state index contributed by atoms with van der Waals surface area (Å²) >= 11 is 3.28. The number of hydrogen-bond acceptors (Lipinski definition) is 3. The first kappa shape index (κ1) is 15.7. The fraction of sp³-hybridized carbons (Fsp3) is 0.538. The van der Waals surface area contributed by atoms with E-state index in [1.807, 2.05) is 0 Å². The van der Waals surface area contributed by atoms with Gasteiger partial charge in [-0.1, -0.05) is 26.0 Å². The smallest absolute Gasteiger partial charge is 0.179 e. The Kier molecular flexibility index (Phi) is 5.37. The lowest BCUT2D eigenvalue weighted by molar-refractivity contribution is 0.344. The molecule has 0 aliphatic carbocycles. The molecule has 1 aromatic carbocycles. The molecule has 0 atom stereocenters. The van der Waals surface area contributed by atoms with Gasteiger partial charge in [0.1, 0.15) is 0 Å². The van der Waals surface area contributed by atoms with Crippen molar-refractivity contribution in [1.82, 2.24) is 0 Å². The zero-order chi connectivity index (χ0) is 13.8. The summed E-state index contributed by atoms with van der Waals surface area (Å²) in [7, 11) is -3.21. The highest BCUT2D eigenvalue weighted by Crippen LogP contribution is 2.25. The summed E-state index contributed by atoms with van der Waals surface area (Å²) in [6, 6.07) is 6.92. The van der Waals surface area contributed by atoms with Crippen molar-refractivity contribution in [2.75, 3.05) is 12.3 Å². The standard InChI is InChI=1S/C13H20BrNO2S/c1-13(2,10-15)8-5-9-18(16,17)12-7-4-3-6-11(12)14/h3-4,6-7H,5,8-10,15H2,1-2H3. The van der Waals surface area contributed by atoms with Crippen molar-refractivity contribution in [2.45, 2.75) is 31.6 Å². The van der Waals surface area contributed by atoms with Crippen LogP contribution in [-0.2, 0) is 9.84 Å². The molecule has 1 rings (SSSR count). The van der Waals surface area contributed by atoms with E-state index in [9.17, 15) is 8.42 Å². The van der Waals surface area contributed by atoms with Gasteiger partial charge < -0.3 is 5.73 Å². The van der Waals surface area contributed by atoms with Gasteiger partial charge in [-0.3, -0.25) is 0 Å². The first-order valence-electron chi connectivity index (χ1n) is 5.96. The van der Waals surface area contributed by atoms with Crippen molar-refractivity contribution in [3.05, 3.63) is 28.7 Å². The Labute approximate surface area is 118 Å². The fourth-order valence-electron chi connectivity index (χ4n) is 1.65. The third-order valence-electron chi connectivity index (χ3n) is 2.99. The van der Waals surface area contributed by atoms with Crippen molar-refractivity contribution in [2.24, 2.45) is 11.1 Å². The van der Waals surface area contributed by atoms with E-state index in [0.717, 1.165) is 6.42 Å². The van der Waals surface area contributed by atoms with Crippen molar-refractivity contribution in [1.29, 1.82) is 0 Å². The van der Waals surface area contributed by atoms with Crippen LogP contribution in [0.3, 0.4) is 0 Å². The van der Waals surface area contributed by atoms with Crippen LogP contribution in [0, 0.1) is 5.41 Å². The maximum Gasteiger partial charge on any atom is 0.179 e. The monoisotopic (exact) mass is 333 g/mol. The van der Waals surface area contributed by atoms with Crippen LogP contribution < -0.4 is 5.73 Å². The minimum Gasteiger partial charge on any atom is -0.330 e. The Bertz CT molecular complexity index is 497. The molecule has 1 aromatic rings. The molecule has 0 fully saturated rings. The van der Waals surface area contributed by atoms with Crippen LogP contribution in [0.25, 0.3) is 0 Å². The highest BCUT2D eigenvalue weighted by atomic mass is 79.9. The number of rotatable bonds is 6. The van der Waals surface area contributed by atoms with E-state index >= 15 is 0 Å². The first-order valence-corrected chi connectivity index (χ1v) is 8.40. The molecule has 18 heavy (non-hydrogen) atoms. The summed E-state index contributed by atoms with van der Waals surface area (Å²) in [6.45, 7) is 4.68. The second-order valence-electron chi connectivity index (χ2n) is 5.22. The van der Waals surface area contributed by atoms with Crippen LogP contribution in [0.1, 0.15) is 26.7 Å². The van der Waals surface area contributed by atoms with Crippen LogP contribution in [0.15, 0.2) is 33.6 Å². The van der Waals surface area contributed by atoms with Gasteiger partial charge in [0.2, 0.25) is 0 Å². The molecule has 0 aliphatic heterocycles. The molecule has 0 radical (unpaired) electrons. The largest absolute Gasteiger partial charge is 0.330 e. The molecule has 0 saturated carbocycles. The van der Waals surface area contributed by atoms with E-state index in [-0.39, 0.29) is 11.2 Å². The minimum absolute atomic E-state index is 0.00341. The van der Waals surface area contributed by atoms with E-state index in [0.29, 0.717) is 22.3 Å². The summed E-state index contributed by atoms with van der Waals surface area (Å²) in [4.78, 5) is 0.371. The molecule has 102 valence electrons. The zero-order valence-corrected chi connectivity index (χ0v) is 13.2. The average Bonchev–Trinajstić information content (AvgIpc) is 2.29. The number of halogens is 1. The van der Waals surface area contributed by atoms with Crippen LogP contribution >= 0.6 is 15.9 Å². The van der Waals surface area contributed by atoms with Crippen molar-refractivity contribution in [3.8, 4) is 0 Å². The summed E-state index contributed by atoms with van der Waals surface area (Å²) in [5, 5.41) is 0. The molecule has 0 spiro atoms. The Balaban J connectivity index is 2.70. The molecule has 0 bridgehead atoms. The van der Waals surface area contributed by atoms with Crippen molar-refractivity contribution >= 4 is 25.8 Å². The van der Waals surface area contributed by atoms with Crippen LogP contribution in [0.5, 0.6) is 0 Å². The maximum atomic E-state index is 12.2. The predicted molar refractivity (Wildman–Crippen MR) is 78.3 cm³/mol. The van der Waals surface area contributed by atoms with E-state index < -0.39 is 9.84 Å². The lowest BCUT2D eigenvalue weighted by Crippen LogP contribution is -2.24. The third-order valence-corrected chi connectivity index (χ3v) is 5.80. The van der Waals surface area contributed by atoms with Gasteiger partial charge in [0.05, 0.1) is 10.6 Å². The molecule has 0 aromatic heterocycles. The normalized spacial score (nSPS) is 12.7. The predicted octanol–water partition coefficient (Wildman–Crippen LogP) is 2.99. The molecule has 3 nitrogen and oxygen atoms in total. The molecule has 0 amide bonds. The van der Waals surface area contributed by atoms with E-state index in [2.05, 4.69) is 29.8 Å². The van der Waals surface area contributed by atoms with Crippen LogP contribution in [-0.4, -0.2) is 20.7 Å². The van der Waals surface area contributed by atoms with Gasteiger partial charge >= 0.3 is 0 Å². The van der Waals surface area contributed by atoms with E-state index in [1.54, 1.807) is 24.3 Å². The van der Waals surface area contributed by atoms with E-state index in [1.165, 1.54) is 0 Å². The Morgan fingerprint density at radius 3 is 2.44 bits per heavy atom. The third kappa shape index (κ3) is 4.37. The second-order valence-corrected chi connectivity index (χ2v) is 8.15. The molecule has 0 saturated heterocycles. The summed E-state index contributed by atoms with van der Waals surface area (Å²) in [5.41, 5.74) is 5.64. The van der Waals surface area contributed by atoms with Crippen molar-refractivity contribution < 1.29 is 8.42 Å². The quantitative estimate of drug-likeness (QED) is 0.870. The highest BCUT2D eigenvalue weighted by molar-refractivity contribution is 9.10. The highest BCUT2D eigenvalue weighted by Gasteiger charge is 2.20. The van der Waals surface area contributed by atoms with Gasteiger partial charge in [-0.15, -0.1) is 0 Å². The number of sulfone groups is 1. The van der Waals surface area contributed by atoms with Gasteiger partial charge in [0.15, 0.2) is 9.84 Å². The second kappa shape index (κ2) is 6.17. The molecule has 0 unspecified atom stereocenters. The van der Waals surface area contributed by atoms with Crippen LogP contribution in [0.4, 0.5) is 0 Å². The van der Waals surface area contributed by atoms with Crippen LogP contribution in [0.2, 0.25) is 0 Å². The zero-order valence-electron chi connectivity index (χ0n) is 10.8. The SMILES string of the molecule is CC(C)(CN)CCCS(=O)(=O)c1ccccc1Br. The van der Waals surface area contributed by atoms with Gasteiger partial charge in [-0.05, 0) is 52.9 Å². The topological polar surface area (TPSA) is 60.2 Å². The molecular formula is C13H20BrNO2S. The van der Waals surface area contributed by atoms with Gasteiger partial charge in [0, 0.05) is 4.47 Å². The first-order chi connectivity index (χ1) is 8.28. The fourth-order valence-corrected chi connectivity index (χ4v) is 4.07. The average molecular weight is 334 g/mol. The molecular weight excluding hydrogens is 314 g/mol. The minimum atomic E-state index is -3.21. The van der Waals surface area contributed by atoms with Gasteiger partial charge in [-0.2, -0.15) is 0 Å². The Morgan fingerprint density at radius 2 is 1.89 bits per heavy atom. The molecule has 5 heteroatoms. The summed E-state index contributed by atoms with van der Waals surface area (Å²) in [5.74, 6) is 0.166. The van der Waals surface area contributed by atoms with Crippen molar-refractivity contribution in [3.63, 3.8) is 0 Å². The molecule has 2 N–H and O–H groups in total. The molecule has 0 aliphatic rings. The molecule has 0 heterocycles.